The van der Waals surface area contributed by atoms with Crippen LogP contribution < -0.4 is 0 Å². The van der Waals surface area contributed by atoms with E-state index in [9.17, 15) is 0 Å². The molecule has 0 fully saturated rings. The lowest BCUT2D eigenvalue weighted by atomic mass is 10.0. The highest BCUT2D eigenvalue weighted by molar-refractivity contribution is 6.03. The Morgan fingerprint density at radius 1 is 1.45 bits per heavy atom. The molecule has 0 aromatic rings. The summed E-state index contributed by atoms with van der Waals surface area (Å²) in [5.41, 5.74) is 2.04. The summed E-state index contributed by atoms with van der Waals surface area (Å²) < 4.78 is 0. The van der Waals surface area contributed by atoms with Crippen molar-refractivity contribution in [1.29, 1.82) is 0 Å². The topological polar surface area (TPSA) is 24.7 Å². The third-order valence-electron chi connectivity index (χ3n) is 1.30. The summed E-state index contributed by atoms with van der Waals surface area (Å²) in [6.07, 6.45) is 1.56. The molecule has 0 aromatic heterocycles. The van der Waals surface area contributed by atoms with Gasteiger partial charge in [-0.2, -0.15) is 0 Å². The first-order valence-corrected chi connectivity index (χ1v) is 3.73. The van der Waals surface area contributed by atoms with Gasteiger partial charge in [-0.3, -0.25) is 4.99 Å². The first-order valence-electron chi connectivity index (χ1n) is 3.73. The highest BCUT2D eigenvalue weighted by atomic mass is 14.8. The molecule has 0 saturated heterocycles. The monoisotopic (exact) mass is 152 g/mol. The Morgan fingerprint density at radius 2 is 2.00 bits per heavy atom. The van der Waals surface area contributed by atoms with Gasteiger partial charge in [-0.1, -0.05) is 20.4 Å². The summed E-state index contributed by atoms with van der Waals surface area (Å²) in [6.45, 7) is 9.99. The number of hydrogen-bond donors (Lipinski definition) is 0. The predicted octanol–water partition coefficient (Wildman–Crippen LogP) is 2.32. The Hall–Kier alpha value is -0.920. The van der Waals surface area contributed by atoms with Gasteiger partial charge in [0.1, 0.15) is 6.34 Å². The van der Waals surface area contributed by atoms with Gasteiger partial charge in [0.15, 0.2) is 0 Å². The number of hydrogen-bond acceptors (Lipinski definition) is 1. The Labute approximate surface area is 68.8 Å². The Kier molecular flexibility index (Phi) is 4.42. The van der Waals surface area contributed by atoms with Crippen molar-refractivity contribution in [3.8, 4) is 0 Å². The van der Waals surface area contributed by atoms with Crippen LogP contribution in [0.4, 0.5) is 0 Å². The molecule has 62 valence electrons. The van der Waals surface area contributed by atoms with Crippen LogP contribution in [0.1, 0.15) is 20.8 Å². The van der Waals surface area contributed by atoms with Crippen molar-refractivity contribution in [3.05, 3.63) is 12.2 Å². The van der Waals surface area contributed by atoms with Crippen molar-refractivity contribution < 1.29 is 0 Å². The van der Waals surface area contributed by atoms with Crippen molar-refractivity contribution in [2.24, 2.45) is 15.9 Å². The molecule has 2 heteroatoms. The maximum atomic E-state index is 4.17. The Balaban J connectivity index is 4.46. The summed E-state index contributed by atoms with van der Waals surface area (Å²) in [5.74, 6) is 0.422. The van der Waals surface area contributed by atoms with Crippen LogP contribution in [-0.4, -0.2) is 19.1 Å². The van der Waals surface area contributed by atoms with E-state index in [1.54, 1.807) is 13.4 Å². The molecule has 0 aliphatic rings. The molecule has 0 amide bonds. The number of aliphatic imine (C=N–C) groups is 2. The molecule has 0 aliphatic carbocycles. The Morgan fingerprint density at radius 3 is 2.27 bits per heavy atom. The molecule has 0 spiro atoms. The van der Waals surface area contributed by atoms with Gasteiger partial charge >= 0.3 is 0 Å². The standard InChI is InChI=1S/C9H16N2/c1-7(2)9(8(3)4)11-6-10-5/h6,8H,1H2,2-5H3. The Bertz CT molecular complexity index is 188. The molecule has 0 bridgehead atoms. The van der Waals surface area contributed by atoms with Crippen LogP contribution in [0.3, 0.4) is 0 Å². The zero-order chi connectivity index (χ0) is 8.85. The molecule has 0 N–H and O–H groups in total. The zero-order valence-corrected chi connectivity index (χ0v) is 7.76. The minimum absolute atomic E-state index is 0.422. The third kappa shape index (κ3) is 3.71. The summed E-state index contributed by atoms with van der Waals surface area (Å²) >= 11 is 0. The highest BCUT2D eigenvalue weighted by Crippen LogP contribution is 2.04. The second kappa shape index (κ2) is 4.83. The SMILES string of the molecule is C=C(C)C(=NC=NC)C(C)C. The summed E-state index contributed by atoms with van der Waals surface area (Å²) in [7, 11) is 1.71. The lowest BCUT2D eigenvalue weighted by Gasteiger charge is -2.06. The van der Waals surface area contributed by atoms with E-state index in [1.807, 2.05) is 6.92 Å². The summed E-state index contributed by atoms with van der Waals surface area (Å²) in [6, 6.07) is 0. The zero-order valence-electron chi connectivity index (χ0n) is 7.76. The van der Waals surface area contributed by atoms with Crippen molar-refractivity contribution in [2.75, 3.05) is 7.05 Å². The highest BCUT2D eigenvalue weighted by Gasteiger charge is 2.03. The molecule has 11 heavy (non-hydrogen) atoms. The average molecular weight is 152 g/mol. The van der Waals surface area contributed by atoms with E-state index < -0.39 is 0 Å². The van der Waals surface area contributed by atoms with Crippen LogP contribution in [-0.2, 0) is 0 Å². The first-order chi connectivity index (χ1) is 5.09. The van der Waals surface area contributed by atoms with E-state index in [0.717, 1.165) is 11.3 Å². The van der Waals surface area contributed by atoms with Crippen molar-refractivity contribution >= 4 is 12.1 Å². The van der Waals surface area contributed by atoms with Crippen LogP contribution in [0.25, 0.3) is 0 Å². The fourth-order valence-electron chi connectivity index (χ4n) is 0.872. The van der Waals surface area contributed by atoms with Gasteiger partial charge < -0.3 is 0 Å². The molecular formula is C9H16N2. The summed E-state index contributed by atoms with van der Waals surface area (Å²) in [4.78, 5) is 7.95. The quantitative estimate of drug-likeness (QED) is 0.438. The molecule has 0 saturated carbocycles. The van der Waals surface area contributed by atoms with Gasteiger partial charge in [-0.25, -0.2) is 4.99 Å². The maximum absolute atomic E-state index is 4.17. The average Bonchev–Trinajstić information content (AvgIpc) is 1.87. The molecule has 0 heterocycles. The largest absolute Gasteiger partial charge is 0.277 e. The molecule has 0 atom stereocenters. The van der Waals surface area contributed by atoms with Gasteiger partial charge in [0.25, 0.3) is 0 Å². The van der Waals surface area contributed by atoms with Gasteiger partial charge in [0, 0.05) is 12.8 Å². The lowest BCUT2D eigenvalue weighted by Crippen LogP contribution is -2.08. The molecule has 0 radical (unpaired) electrons. The van der Waals surface area contributed by atoms with Crippen molar-refractivity contribution in [1.82, 2.24) is 0 Å². The van der Waals surface area contributed by atoms with Gasteiger partial charge in [-0.15, -0.1) is 0 Å². The van der Waals surface area contributed by atoms with E-state index in [0.29, 0.717) is 5.92 Å². The molecule has 0 aliphatic heterocycles. The minimum Gasteiger partial charge on any atom is -0.277 e. The van der Waals surface area contributed by atoms with Gasteiger partial charge in [0.2, 0.25) is 0 Å². The number of rotatable bonds is 3. The fraction of sp³-hybridized carbons (Fsp3) is 0.556. The fourth-order valence-corrected chi connectivity index (χ4v) is 0.872. The minimum atomic E-state index is 0.422. The van der Waals surface area contributed by atoms with Crippen LogP contribution in [0.15, 0.2) is 22.1 Å². The molecule has 2 nitrogen and oxygen atoms in total. The second-order valence-electron chi connectivity index (χ2n) is 2.82. The van der Waals surface area contributed by atoms with Crippen LogP contribution in [0.5, 0.6) is 0 Å². The van der Waals surface area contributed by atoms with E-state index in [4.69, 9.17) is 0 Å². The lowest BCUT2D eigenvalue weighted by molar-refractivity contribution is 0.884. The van der Waals surface area contributed by atoms with E-state index in [-0.39, 0.29) is 0 Å². The van der Waals surface area contributed by atoms with Crippen LogP contribution >= 0.6 is 0 Å². The smallest absolute Gasteiger partial charge is 0.109 e. The number of nitrogens with zero attached hydrogens (tertiary/aromatic N) is 2. The predicted molar refractivity (Wildman–Crippen MR) is 51.5 cm³/mol. The van der Waals surface area contributed by atoms with Crippen molar-refractivity contribution in [2.45, 2.75) is 20.8 Å². The van der Waals surface area contributed by atoms with Gasteiger partial charge in [-0.05, 0) is 18.4 Å². The normalized spacial score (nSPS) is 13.0. The number of allylic oxidation sites excluding steroid dienone is 1. The third-order valence-corrected chi connectivity index (χ3v) is 1.30. The molecule has 0 aromatic carbocycles. The molecule has 0 unspecified atom stereocenters. The summed E-state index contributed by atoms with van der Waals surface area (Å²) in [5, 5.41) is 0. The molecule has 0 rings (SSSR count). The van der Waals surface area contributed by atoms with E-state index >= 15 is 0 Å². The maximum Gasteiger partial charge on any atom is 0.109 e. The second-order valence-corrected chi connectivity index (χ2v) is 2.82. The molecular weight excluding hydrogens is 136 g/mol. The van der Waals surface area contributed by atoms with Crippen LogP contribution in [0.2, 0.25) is 0 Å². The van der Waals surface area contributed by atoms with E-state index in [1.165, 1.54) is 0 Å². The van der Waals surface area contributed by atoms with Crippen molar-refractivity contribution in [3.63, 3.8) is 0 Å². The first kappa shape index (κ1) is 10.1. The van der Waals surface area contributed by atoms with E-state index in [2.05, 4.69) is 30.4 Å². The van der Waals surface area contributed by atoms with Crippen LogP contribution in [0, 0.1) is 5.92 Å². The van der Waals surface area contributed by atoms with Gasteiger partial charge in [0.05, 0.1) is 0 Å².